The van der Waals surface area contributed by atoms with Crippen molar-refractivity contribution in [2.24, 2.45) is 0 Å². The number of hydrogen-bond donors (Lipinski definition) is 0. The summed E-state index contributed by atoms with van der Waals surface area (Å²) < 4.78 is 233. The van der Waals surface area contributed by atoms with E-state index in [4.69, 9.17) is 0 Å². The van der Waals surface area contributed by atoms with E-state index in [1.54, 1.807) is 0 Å². The van der Waals surface area contributed by atoms with Gasteiger partial charge in [0.2, 0.25) is 0 Å². The lowest BCUT2D eigenvalue weighted by atomic mass is 9.88. The molecule has 0 aliphatic rings. The normalized spacial score (nSPS) is 16.0. The average molecular weight is 593 g/mol. The number of ether oxygens (including phenoxy) is 1. The fourth-order valence-corrected chi connectivity index (χ4v) is 1.82. The number of carbonyl (C=O) groups is 1. The fourth-order valence-electron chi connectivity index (χ4n) is 1.71. The quantitative estimate of drug-likeness (QED) is 0.155. The Labute approximate surface area is 184 Å². The zero-order valence-electron chi connectivity index (χ0n) is 14.8. The molecule has 0 spiro atoms. The third kappa shape index (κ3) is 4.88. The number of carbonyl (C=O) groups excluding carboxylic acids is 1. The molecule has 0 radical (unpaired) electrons. The highest BCUT2D eigenvalue weighted by Gasteiger charge is 2.95. The summed E-state index contributed by atoms with van der Waals surface area (Å²) in [4.78, 5) is 10.7. The minimum absolute atomic E-state index is 2.35. The molecule has 0 aromatic rings. The van der Waals surface area contributed by atoms with Crippen LogP contribution in [0.1, 0.15) is 6.42 Å². The van der Waals surface area contributed by atoms with Crippen molar-refractivity contribution in [3.8, 4) is 0 Å². The SMILES string of the molecule is O=C(OCCC(F)(F)C(F)(F)C(F)(F)C(F)(F)C(F)(F)C(F)(F)C(F)(F)C(F)(F)F)C(F)(Cl)Cl. The van der Waals surface area contributed by atoms with Crippen LogP contribution in [0.4, 0.5) is 79.0 Å². The van der Waals surface area contributed by atoms with Gasteiger partial charge in [0.1, 0.15) is 0 Å². The Hall–Kier alpha value is -1.21. The van der Waals surface area contributed by atoms with Gasteiger partial charge in [-0.3, -0.25) is 0 Å². The van der Waals surface area contributed by atoms with E-state index in [-0.39, 0.29) is 0 Å². The molecule has 0 heterocycles. The van der Waals surface area contributed by atoms with Gasteiger partial charge in [-0.15, -0.1) is 0 Å². The molecule has 0 saturated heterocycles. The van der Waals surface area contributed by atoms with Crippen LogP contribution in [0, 0.1) is 0 Å². The third-order valence-electron chi connectivity index (χ3n) is 3.67. The molecule has 34 heavy (non-hydrogen) atoms. The van der Waals surface area contributed by atoms with E-state index in [0.29, 0.717) is 0 Å². The van der Waals surface area contributed by atoms with E-state index in [2.05, 4.69) is 27.9 Å². The Morgan fingerprint density at radius 1 is 0.529 bits per heavy atom. The number of hydrogen-bond acceptors (Lipinski definition) is 2. The topological polar surface area (TPSA) is 26.3 Å². The van der Waals surface area contributed by atoms with Gasteiger partial charge in [0, 0.05) is 0 Å². The van der Waals surface area contributed by atoms with E-state index in [9.17, 15) is 83.8 Å². The Kier molecular flexibility index (Phi) is 8.41. The van der Waals surface area contributed by atoms with Crippen LogP contribution in [-0.2, 0) is 9.53 Å². The Morgan fingerprint density at radius 2 is 0.824 bits per heavy atom. The molecule has 0 unspecified atom stereocenters. The summed E-state index contributed by atoms with van der Waals surface area (Å²) in [5.41, 5.74) is 0. The van der Waals surface area contributed by atoms with Crippen LogP contribution in [-0.4, -0.2) is 64.8 Å². The van der Waals surface area contributed by atoms with Gasteiger partial charge in [-0.25, -0.2) is 4.79 Å². The zero-order chi connectivity index (χ0) is 28.2. The van der Waals surface area contributed by atoms with Crippen molar-refractivity contribution in [2.75, 3.05) is 6.61 Å². The highest BCUT2D eigenvalue weighted by Crippen LogP contribution is 2.64. The van der Waals surface area contributed by atoms with E-state index in [0.717, 1.165) is 0 Å². The van der Waals surface area contributed by atoms with Gasteiger partial charge < -0.3 is 4.74 Å². The molecule has 0 aliphatic carbocycles. The first-order valence-corrected chi connectivity index (χ1v) is 8.09. The lowest BCUT2D eigenvalue weighted by Crippen LogP contribution is -2.74. The van der Waals surface area contributed by atoms with Crippen LogP contribution in [0.3, 0.4) is 0 Å². The van der Waals surface area contributed by atoms with Crippen LogP contribution in [0.25, 0.3) is 0 Å². The Balaban J connectivity index is 6.32. The van der Waals surface area contributed by atoms with Crippen molar-refractivity contribution in [2.45, 2.75) is 58.6 Å². The van der Waals surface area contributed by atoms with Crippen molar-refractivity contribution in [1.29, 1.82) is 0 Å². The largest absolute Gasteiger partial charge is 0.461 e. The number of esters is 1. The number of halogens is 20. The van der Waals surface area contributed by atoms with Crippen molar-refractivity contribution < 1.29 is 88.6 Å². The molecule has 0 aromatic carbocycles. The summed E-state index contributed by atoms with van der Waals surface area (Å²) in [7, 11) is 0. The van der Waals surface area contributed by atoms with Gasteiger partial charge >= 0.3 is 58.2 Å². The predicted molar refractivity (Wildman–Crippen MR) is 71.8 cm³/mol. The molecule has 22 heteroatoms. The average Bonchev–Trinajstić information content (AvgIpc) is 2.58. The minimum atomic E-state index is -8.75. The van der Waals surface area contributed by atoms with Crippen molar-refractivity contribution >= 4 is 29.2 Å². The lowest BCUT2D eigenvalue weighted by molar-refractivity contribution is -0.461. The van der Waals surface area contributed by atoms with Crippen LogP contribution in [0.15, 0.2) is 0 Å². The summed E-state index contributed by atoms with van der Waals surface area (Å²) in [6, 6.07) is 0. The van der Waals surface area contributed by atoms with Crippen LogP contribution >= 0.6 is 23.2 Å². The summed E-state index contributed by atoms with van der Waals surface area (Å²) in [5.74, 6) is -60.1. The summed E-state index contributed by atoms with van der Waals surface area (Å²) in [6.45, 7) is -2.35. The molecule has 0 amide bonds. The van der Waals surface area contributed by atoms with Crippen molar-refractivity contribution in [1.82, 2.24) is 0 Å². The van der Waals surface area contributed by atoms with E-state index in [1.165, 1.54) is 0 Å². The number of rotatable bonds is 10. The molecule has 0 aromatic heterocycles. The molecular formula is C12H4Cl2F18O2. The second-order valence-electron chi connectivity index (χ2n) is 6.03. The fraction of sp³-hybridized carbons (Fsp3) is 0.917. The van der Waals surface area contributed by atoms with E-state index >= 15 is 0 Å². The maximum Gasteiger partial charge on any atom is 0.460 e. The standard InChI is InChI=1S/C12H4Cl2F18O2/c13-5(14,17)3(33)34-2-1-4(15,16)6(18,19)7(20,21)8(22,23)9(24,25)10(26,27)11(28,29)12(30,31)32/h1-2H2. The van der Waals surface area contributed by atoms with Gasteiger partial charge in [0.05, 0.1) is 13.0 Å². The van der Waals surface area contributed by atoms with Crippen molar-refractivity contribution in [3.63, 3.8) is 0 Å². The molecule has 2 nitrogen and oxygen atoms in total. The monoisotopic (exact) mass is 592 g/mol. The summed E-state index contributed by atoms with van der Waals surface area (Å²) in [6.07, 6.45) is -10.9. The highest BCUT2D eigenvalue weighted by atomic mass is 35.5. The predicted octanol–water partition coefficient (Wildman–Crippen LogP) is 7.03. The number of alkyl halides is 20. The summed E-state index contributed by atoms with van der Waals surface area (Å²) >= 11 is 8.78. The molecule has 0 aliphatic heterocycles. The Bertz CT molecular complexity index is 753. The molecule has 0 rings (SSSR count). The molecule has 0 bridgehead atoms. The molecular weight excluding hydrogens is 589 g/mol. The highest BCUT2D eigenvalue weighted by molar-refractivity contribution is 6.56. The van der Waals surface area contributed by atoms with Crippen LogP contribution in [0.2, 0.25) is 0 Å². The Morgan fingerprint density at radius 3 is 1.12 bits per heavy atom. The van der Waals surface area contributed by atoms with Gasteiger partial charge in [0.25, 0.3) is 0 Å². The van der Waals surface area contributed by atoms with Gasteiger partial charge in [0.15, 0.2) is 0 Å². The second-order valence-corrected chi connectivity index (χ2v) is 7.27. The van der Waals surface area contributed by atoms with E-state index < -0.39 is 71.2 Å². The van der Waals surface area contributed by atoms with Crippen LogP contribution in [0.5, 0.6) is 0 Å². The third-order valence-corrected chi connectivity index (χ3v) is 3.98. The first-order valence-electron chi connectivity index (χ1n) is 7.33. The summed E-state index contributed by atoms with van der Waals surface area (Å²) in [5, 5.41) is 0. The zero-order valence-corrected chi connectivity index (χ0v) is 16.3. The molecule has 0 fully saturated rings. The first kappa shape index (κ1) is 32.8. The van der Waals surface area contributed by atoms with Gasteiger partial charge in [-0.2, -0.15) is 79.0 Å². The maximum atomic E-state index is 13.4. The van der Waals surface area contributed by atoms with E-state index in [1.807, 2.05) is 0 Å². The lowest BCUT2D eigenvalue weighted by Gasteiger charge is -2.42. The molecule has 0 atom stereocenters. The van der Waals surface area contributed by atoms with Crippen LogP contribution < -0.4 is 0 Å². The first-order chi connectivity index (χ1) is 14.4. The molecule has 0 saturated carbocycles. The maximum absolute atomic E-state index is 13.4. The van der Waals surface area contributed by atoms with Gasteiger partial charge in [-0.1, -0.05) is 23.2 Å². The minimum Gasteiger partial charge on any atom is -0.461 e. The second kappa shape index (κ2) is 8.72. The molecule has 0 N–H and O–H groups in total. The smallest absolute Gasteiger partial charge is 0.460 e. The molecule has 204 valence electrons. The van der Waals surface area contributed by atoms with Crippen molar-refractivity contribution in [3.05, 3.63) is 0 Å². The van der Waals surface area contributed by atoms with Gasteiger partial charge in [-0.05, 0) is 0 Å².